The van der Waals surface area contributed by atoms with Gasteiger partial charge in [0, 0.05) is 25.1 Å². The highest BCUT2D eigenvalue weighted by molar-refractivity contribution is 5.70. The van der Waals surface area contributed by atoms with Gasteiger partial charge in [0.15, 0.2) is 0 Å². The number of rotatable bonds is 3. The lowest BCUT2D eigenvalue weighted by atomic mass is 9.92. The van der Waals surface area contributed by atoms with Crippen molar-refractivity contribution in [3.63, 3.8) is 0 Å². The van der Waals surface area contributed by atoms with Gasteiger partial charge >= 0.3 is 17.8 Å². The number of carbonyl (C=O) groups excluding carboxylic acids is 1. The lowest BCUT2D eigenvalue weighted by Crippen LogP contribution is -2.40. The number of aromatic nitrogens is 2. The summed E-state index contributed by atoms with van der Waals surface area (Å²) < 4.78 is 51.4. The predicted molar refractivity (Wildman–Crippen MR) is 105 cm³/mol. The summed E-state index contributed by atoms with van der Waals surface area (Å²) in [6, 6.07) is 4.70. The van der Waals surface area contributed by atoms with Crippen LogP contribution in [0.4, 0.5) is 13.2 Å². The van der Waals surface area contributed by atoms with Crippen molar-refractivity contribution < 1.29 is 27.4 Å². The lowest BCUT2D eigenvalue weighted by Gasteiger charge is -2.27. The number of nitrogens with zero attached hydrogens (tertiary/aromatic N) is 2. The number of hydrogen-bond donors (Lipinski definition) is 0. The minimum Gasteiger partial charge on any atom is -0.493 e. The third kappa shape index (κ3) is 4.83. The van der Waals surface area contributed by atoms with Gasteiger partial charge in [-0.05, 0) is 23.6 Å². The average molecular weight is 440 g/mol. The highest BCUT2D eigenvalue weighted by Gasteiger charge is 2.35. The quantitative estimate of drug-likeness (QED) is 0.684. The van der Waals surface area contributed by atoms with Gasteiger partial charge in [0.1, 0.15) is 17.5 Å². The molecule has 168 valence electrons. The molecule has 0 radical (unpaired) electrons. The molecule has 1 aromatic heterocycles. The summed E-state index contributed by atoms with van der Waals surface area (Å²) in [4.78, 5) is 37.2. The molecule has 0 saturated heterocycles. The smallest absolute Gasteiger partial charge is 0.431 e. The van der Waals surface area contributed by atoms with Crippen LogP contribution >= 0.6 is 0 Å². The standard InChI is InChI=1S/C21H23F3N2O5/c1-20(2,3)11-18(28)31-15-7-8-30-14-6-5-12(9-13(14)15)26-17(27)10-16(21(22,23)24)25(4)19(26)29/h5-6,9-10,15H,7-8,11H2,1-4H3. The number of ether oxygens (including phenoxy) is 2. The minimum atomic E-state index is -4.85. The van der Waals surface area contributed by atoms with Crippen LogP contribution in [0.3, 0.4) is 0 Å². The van der Waals surface area contributed by atoms with Crippen molar-refractivity contribution in [2.75, 3.05) is 6.61 Å². The summed E-state index contributed by atoms with van der Waals surface area (Å²) >= 11 is 0. The number of hydrogen-bond acceptors (Lipinski definition) is 5. The van der Waals surface area contributed by atoms with E-state index in [1.54, 1.807) is 0 Å². The average Bonchev–Trinajstić information content (AvgIpc) is 2.62. The predicted octanol–water partition coefficient (Wildman–Crippen LogP) is 3.36. The van der Waals surface area contributed by atoms with Crippen molar-refractivity contribution >= 4 is 5.97 Å². The summed E-state index contributed by atoms with van der Waals surface area (Å²) in [5, 5.41) is 0. The van der Waals surface area contributed by atoms with E-state index in [4.69, 9.17) is 9.47 Å². The fourth-order valence-electron chi connectivity index (χ4n) is 3.38. The largest absolute Gasteiger partial charge is 0.493 e. The van der Waals surface area contributed by atoms with Crippen LogP contribution in [0.15, 0.2) is 33.9 Å². The van der Waals surface area contributed by atoms with Crippen molar-refractivity contribution in [2.45, 2.75) is 45.9 Å². The SMILES string of the molecule is Cn1c(C(F)(F)F)cc(=O)n(-c2ccc3c(c2)C(OC(=O)CC(C)(C)C)CCO3)c1=O. The number of fused-ring (bicyclic) bond motifs is 1. The second kappa shape index (κ2) is 7.90. The van der Waals surface area contributed by atoms with Crippen molar-refractivity contribution in [2.24, 2.45) is 12.5 Å². The third-order valence-corrected chi connectivity index (χ3v) is 4.80. The van der Waals surface area contributed by atoms with Gasteiger partial charge in [0.05, 0.1) is 18.7 Å². The Bertz CT molecular complexity index is 1130. The Morgan fingerprint density at radius 2 is 1.87 bits per heavy atom. The Balaban J connectivity index is 2.03. The molecule has 0 bridgehead atoms. The zero-order chi connectivity index (χ0) is 23.1. The summed E-state index contributed by atoms with van der Waals surface area (Å²) in [6.45, 7) is 6.01. The fourth-order valence-corrected chi connectivity index (χ4v) is 3.38. The van der Waals surface area contributed by atoms with Crippen LogP contribution in [0.1, 0.15) is 51.0 Å². The van der Waals surface area contributed by atoms with E-state index in [0.29, 0.717) is 39.5 Å². The van der Waals surface area contributed by atoms with Crippen molar-refractivity contribution in [3.05, 3.63) is 56.4 Å². The van der Waals surface area contributed by atoms with E-state index >= 15 is 0 Å². The molecule has 31 heavy (non-hydrogen) atoms. The number of alkyl halides is 3. The number of benzene rings is 1. The first-order chi connectivity index (χ1) is 14.3. The molecule has 1 atom stereocenters. The Kier molecular flexibility index (Phi) is 5.77. The number of carbonyl (C=O) groups is 1. The molecule has 10 heteroatoms. The van der Waals surface area contributed by atoms with Crippen LogP contribution < -0.4 is 16.0 Å². The summed E-state index contributed by atoms with van der Waals surface area (Å²) in [5.41, 5.74) is -3.37. The topological polar surface area (TPSA) is 79.5 Å². The molecule has 0 saturated carbocycles. The highest BCUT2D eigenvalue weighted by Crippen LogP contribution is 2.36. The van der Waals surface area contributed by atoms with Crippen LogP contribution in [-0.4, -0.2) is 21.7 Å². The number of halogens is 3. The van der Waals surface area contributed by atoms with Crippen LogP contribution in [-0.2, 0) is 22.8 Å². The van der Waals surface area contributed by atoms with Gasteiger partial charge in [-0.1, -0.05) is 20.8 Å². The maximum atomic E-state index is 13.1. The third-order valence-electron chi connectivity index (χ3n) is 4.80. The zero-order valence-electron chi connectivity index (χ0n) is 17.6. The highest BCUT2D eigenvalue weighted by atomic mass is 19.4. The van der Waals surface area contributed by atoms with Gasteiger partial charge in [0.25, 0.3) is 5.56 Å². The Labute approximate surface area is 176 Å². The lowest BCUT2D eigenvalue weighted by molar-refractivity contribution is -0.153. The molecule has 0 aliphatic carbocycles. The van der Waals surface area contributed by atoms with Gasteiger partial charge in [-0.15, -0.1) is 0 Å². The molecule has 0 amide bonds. The van der Waals surface area contributed by atoms with Crippen molar-refractivity contribution in [1.29, 1.82) is 0 Å². The van der Waals surface area contributed by atoms with Crippen LogP contribution in [0.25, 0.3) is 5.69 Å². The Morgan fingerprint density at radius 3 is 2.48 bits per heavy atom. The normalized spacial score (nSPS) is 16.4. The maximum Gasteiger partial charge on any atom is 0.431 e. The molecule has 7 nitrogen and oxygen atoms in total. The molecule has 2 heterocycles. The van der Waals surface area contributed by atoms with Crippen molar-refractivity contribution in [1.82, 2.24) is 9.13 Å². The molecule has 0 fully saturated rings. The molecule has 0 spiro atoms. The molecular weight excluding hydrogens is 417 g/mol. The molecule has 1 unspecified atom stereocenters. The monoisotopic (exact) mass is 440 g/mol. The fraction of sp³-hybridized carbons (Fsp3) is 0.476. The van der Waals surface area contributed by atoms with Crippen LogP contribution in [0, 0.1) is 5.41 Å². The van der Waals surface area contributed by atoms with Gasteiger partial charge in [0.2, 0.25) is 0 Å². The van der Waals surface area contributed by atoms with E-state index in [1.165, 1.54) is 18.2 Å². The van der Waals surface area contributed by atoms with Gasteiger partial charge in [-0.3, -0.25) is 14.2 Å². The molecule has 0 N–H and O–H groups in total. The first kappa shape index (κ1) is 22.6. The van der Waals surface area contributed by atoms with E-state index in [-0.39, 0.29) is 17.5 Å². The summed E-state index contributed by atoms with van der Waals surface area (Å²) in [6.07, 6.45) is -4.94. The molecule has 1 aromatic carbocycles. The van der Waals surface area contributed by atoms with Gasteiger partial charge in [-0.25, -0.2) is 9.36 Å². The van der Waals surface area contributed by atoms with Gasteiger partial charge in [-0.2, -0.15) is 13.2 Å². The molecule has 3 rings (SSSR count). The molecular formula is C21H23F3N2O5. The second-order valence-corrected chi connectivity index (χ2v) is 8.62. The van der Waals surface area contributed by atoms with E-state index in [1.807, 2.05) is 20.8 Å². The van der Waals surface area contributed by atoms with E-state index in [2.05, 4.69) is 0 Å². The molecule has 1 aliphatic rings. The first-order valence-corrected chi connectivity index (χ1v) is 9.65. The molecule has 2 aromatic rings. The molecule has 1 aliphatic heterocycles. The maximum absolute atomic E-state index is 13.1. The Hall–Kier alpha value is -3.04. The summed E-state index contributed by atoms with van der Waals surface area (Å²) in [7, 11) is 0.944. The first-order valence-electron chi connectivity index (χ1n) is 9.65. The Morgan fingerprint density at radius 1 is 1.19 bits per heavy atom. The van der Waals surface area contributed by atoms with E-state index in [0.717, 1.165) is 7.05 Å². The van der Waals surface area contributed by atoms with Gasteiger partial charge < -0.3 is 9.47 Å². The van der Waals surface area contributed by atoms with Crippen LogP contribution in [0.5, 0.6) is 5.75 Å². The van der Waals surface area contributed by atoms with Crippen LogP contribution in [0.2, 0.25) is 0 Å². The number of esters is 1. The zero-order valence-corrected chi connectivity index (χ0v) is 17.6. The van der Waals surface area contributed by atoms with Crippen molar-refractivity contribution in [3.8, 4) is 11.4 Å². The van der Waals surface area contributed by atoms with E-state index in [9.17, 15) is 27.6 Å². The van der Waals surface area contributed by atoms with E-state index < -0.39 is 35.2 Å². The minimum absolute atomic E-state index is 0.0560. The summed E-state index contributed by atoms with van der Waals surface area (Å²) in [5.74, 6) is 0.0127. The second-order valence-electron chi connectivity index (χ2n) is 8.62.